The first-order valence-corrected chi connectivity index (χ1v) is 4.71. The van der Waals surface area contributed by atoms with Crippen LogP contribution in [0.5, 0.6) is 11.5 Å². The molecule has 0 amide bonds. The summed E-state index contributed by atoms with van der Waals surface area (Å²) in [7, 11) is 2.76. The fourth-order valence-corrected chi connectivity index (χ4v) is 1.40. The molecule has 0 radical (unpaired) electrons. The van der Waals surface area contributed by atoms with Crippen LogP contribution in [-0.2, 0) is 11.2 Å². The maximum absolute atomic E-state index is 13.8. The summed E-state index contributed by atoms with van der Waals surface area (Å²) in [6.07, 6.45) is -0.0814. The first kappa shape index (κ1) is 12.3. The molecule has 0 aliphatic carbocycles. The third-order valence-electron chi connectivity index (χ3n) is 2.19. The van der Waals surface area contributed by atoms with Gasteiger partial charge in [0.25, 0.3) is 0 Å². The van der Waals surface area contributed by atoms with Gasteiger partial charge >= 0.3 is 5.97 Å². The van der Waals surface area contributed by atoms with Crippen molar-refractivity contribution in [2.24, 2.45) is 0 Å². The van der Waals surface area contributed by atoms with Crippen molar-refractivity contribution in [3.05, 3.63) is 23.5 Å². The molecule has 0 atom stereocenters. The first-order valence-electron chi connectivity index (χ1n) is 4.71. The highest BCUT2D eigenvalue weighted by Crippen LogP contribution is 2.29. The molecule has 0 fully saturated rings. The SMILES string of the molecule is COc1ccc(OC)c(CCC(=O)O)c1F. The Kier molecular flexibility index (Phi) is 4.10. The predicted octanol–water partition coefficient (Wildman–Crippen LogP) is 1.86. The van der Waals surface area contributed by atoms with Gasteiger partial charge in [-0.1, -0.05) is 0 Å². The summed E-state index contributed by atoms with van der Waals surface area (Å²) < 4.78 is 23.6. The Bertz CT molecular complexity index is 390. The molecule has 0 saturated carbocycles. The Hall–Kier alpha value is -1.78. The minimum Gasteiger partial charge on any atom is -0.496 e. The van der Waals surface area contributed by atoms with E-state index in [1.165, 1.54) is 20.3 Å². The zero-order valence-electron chi connectivity index (χ0n) is 9.12. The normalized spacial score (nSPS) is 9.94. The lowest BCUT2D eigenvalue weighted by atomic mass is 10.1. The summed E-state index contributed by atoms with van der Waals surface area (Å²) in [5.74, 6) is -1.13. The molecule has 4 nitrogen and oxygen atoms in total. The molecule has 0 saturated heterocycles. The number of carbonyl (C=O) groups is 1. The second-order valence-corrected chi connectivity index (χ2v) is 3.16. The molecular formula is C11H13FO4. The van der Waals surface area contributed by atoms with Gasteiger partial charge in [-0.3, -0.25) is 4.79 Å². The molecule has 88 valence electrons. The Balaban J connectivity index is 3.05. The summed E-state index contributed by atoms with van der Waals surface area (Å²) in [5, 5.41) is 8.56. The fraction of sp³-hybridized carbons (Fsp3) is 0.364. The Labute approximate surface area is 92.6 Å². The lowest BCUT2D eigenvalue weighted by Gasteiger charge is -2.11. The highest BCUT2D eigenvalue weighted by atomic mass is 19.1. The van der Waals surface area contributed by atoms with Crippen LogP contribution in [0.2, 0.25) is 0 Å². The van der Waals surface area contributed by atoms with Crippen LogP contribution in [0.15, 0.2) is 12.1 Å². The van der Waals surface area contributed by atoms with E-state index in [1.54, 1.807) is 6.07 Å². The molecule has 1 rings (SSSR count). The molecule has 0 aliphatic rings. The lowest BCUT2D eigenvalue weighted by molar-refractivity contribution is -0.136. The van der Waals surface area contributed by atoms with Gasteiger partial charge in [-0.05, 0) is 18.6 Å². The van der Waals surface area contributed by atoms with Gasteiger partial charge in [0.2, 0.25) is 0 Å². The van der Waals surface area contributed by atoms with Crippen LogP contribution in [0.25, 0.3) is 0 Å². The molecule has 0 bridgehead atoms. The number of aliphatic carboxylic acids is 1. The van der Waals surface area contributed by atoms with Gasteiger partial charge in [0.1, 0.15) is 5.75 Å². The monoisotopic (exact) mass is 228 g/mol. The quantitative estimate of drug-likeness (QED) is 0.835. The number of halogens is 1. The van der Waals surface area contributed by atoms with E-state index in [0.29, 0.717) is 5.75 Å². The van der Waals surface area contributed by atoms with Crippen LogP contribution in [0.1, 0.15) is 12.0 Å². The van der Waals surface area contributed by atoms with Gasteiger partial charge in [-0.2, -0.15) is 0 Å². The first-order chi connectivity index (χ1) is 7.60. The van der Waals surface area contributed by atoms with E-state index in [0.717, 1.165) is 0 Å². The number of ether oxygens (including phenoxy) is 2. The van der Waals surface area contributed by atoms with Crippen LogP contribution >= 0.6 is 0 Å². The van der Waals surface area contributed by atoms with Crippen LogP contribution in [-0.4, -0.2) is 25.3 Å². The molecule has 5 heteroatoms. The maximum Gasteiger partial charge on any atom is 0.303 e. The van der Waals surface area contributed by atoms with Gasteiger partial charge in [0, 0.05) is 12.0 Å². The number of carboxylic acids is 1. The van der Waals surface area contributed by atoms with Gasteiger partial charge in [-0.15, -0.1) is 0 Å². The Morgan fingerprint density at radius 1 is 1.31 bits per heavy atom. The highest BCUT2D eigenvalue weighted by molar-refractivity contribution is 5.67. The second-order valence-electron chi connectivity index (χ2n) is 3.16. The average Bonchev–Trinajstić information content (AvgIpc) is 2.26. The van der Waals surface area contributed by atoms with Gasteiger partial charge in [0.05, 0.1) is 14.2 Å². The summed E-state index contributed by atoms with van der Waals surface area (Å²) in [4.78, 5) is 10.4. The standard InChI is InChI=1S/C11H13FO4/c1-15-8-4-5-9(16-2)11(12)7(8)3-6-10(13)14/h4-5H,3,6H2,1-2H3,(H,13,14). The van der Waals surface area contributed by atoms with E-state index in [9.17, 15) is 9.18 Å². The number of methoxy groups -OCH3 is 2. The van der Waals surface area contributed by atoms with E-state index in [1.807, 2.05) is 0 Å². The summed E-state index contributed by atoms with van der Waals surface area (Å²) in [6.45, 7) is 0. The van der Waals surface area contributed by atoms with Crippen molar-refractivity contribution in [2.75, 3.05) is 14.2 Å². The number of rotatable bonds is 5. The summed E-state index contributed by atoms with van der Waals surface area (Å²) >= 11 is 0. The molecule has 1 N–H and O–H groups in total. The average molecular weight is 228 g/mol. The van der Waals surface area contributed by atoms with E-state index >= 15 is 0 Å². The Morgan fingerprint density at radius 2 is 1.88 bits per heavy atom. The van der Waals surface area contributed by atoms with Crippen molar-refractivity contribution in [2.45, 2.75) is 12.8 Å². The van der Waals surface area contributed by atoms with Crippen molar-refractivity contribution in [3.8, 4) is 11.5 Å². The van der Waals surface area contributed by atoms with E-state index in [-0.39, 0.29) is 24.2 Å². The minimum atomic E-state index is -0.982. The zero-order valence-corrected chi connectivity index (χ0v) is 9.12. The third kappa shape index (κ3) is 2.62. The number of benzene rings is 1. The molecule has 0 spiro atoms. The smallest absolute Gasteiger partial charge is 0.303 e. The molecule has 1 aromatic carbocycles. The van der Waals surface area contributed by atoms with Crippen molar-refractivity contribution in [1.82, 2.24) is 0 Å². The molecule has 0 aromatic heterocycles. The largest absolute Gasteiger partial charge is 0.496 e. The molecule has 16 heavy (non-hydrogen) atoms. The minimum absolute atomic E-state index is 0.0710. The number of hydrogen-bond donors (Lipinski definition) is 1. The van der Waals surface area contributed by atoms with E-state index < -0.39 is 11.8 Å². The fourth-order valence-electron chi connectivity index (χ4n) is 1.40. The molecule has 0 aliphatic heterocycles. The molecular weight excluding hydrogens is 215 g/mol. The van der Waals surface area contributed by atoms with Gasteiger partial charge in [0.15, 0.2) is 11.6 Å². The van der Waals surface area contributed by atoms with Crippen molar-refractivity contribution >= 4 is 5.97 Å². The predicted molar refractivity (Wildman–Crippen MR) is 55.5 cm³/mol. The zero-order chi connectivity index (χ0) is 12.1. The maximum atomic E-state index is 13.8. The third-order valence-corrected chi connectivity index (χ3v) is 2.19. The summed E-state index contributed by atoms with van der Waals surface area (Å²) in [5.41, 5.74) is 0.226. The van der Waals surface area contributed by atoms with E-state index in [4.69, 9.17) is 14.6 Å². The van der Waals surface area contributed by atoms with Crippen LogP contribution in [0, 0.1) is 5.82 Å². The Morgan fingerprint density at radius 3 is 2.38 bits per heavy atom. The van der Waals surface area contributed by atoms with Crippen molar-refractivity contribution < 1.29 is 23.8 Å². The van der Waals surface area contributed by atoms with Gasteiger partial charge < -0.3 is 14.6 Å². The van der Waals surface area contributed by atoms with Crippen LogP contribution in [0.3, 0.4) is 0 Å². The van der Waals surface area contributed by atoms with Crippen molar-refractivity contribution in [3.63, 3.8) is 0 Å². The topological polar surface area (TPSA) is 55.8 Å². The number of carboxylic acid groups (broad SMARTS) is 1. The second kappa shape index (κ2) is 5.34. The molecule has 0 unspecified atom stereocenters. The molecule has 1 aromatic rings. The lowest BCUT2D eigenvalue weighted by Crippen LogP contribution is -2.03. The molecule has 0 heterocycles. The van der Waals surface area contributed by atoms with Crippen molar-refractivity contribution in [1.29, 1.82) is 0 Å². The highest BCUT2D eigenvalue weighted by Gasteiger charge is 2.15. The van der Waals surface area contributed by atoms with Crippen LogP contribution in [0.4, 0.5) is 4.39 Å². The van der Waals surface area contributed by atoms with E-state index in [2.05, 4.69) is 0 Å². The number of hydrogen-bond acceptors (Lipinski definition) is 3. The van der Waals surface area contributed by atoms with Gasteiger partial charge in [-0.25, -0.2) is 4.39 Å². The summed E-state index contributed by atoms with van der Waals surface area (Å²) in [6, 6.07) is 3.00. The van der Waals surface area contributed by atoms with Crippen LogP contribution < -0.4 is 9.47 Å².